The third-order valence-corrected chi connectivity index (χ3v) is 4.87. The fourth-order valence-electron chi connectivity index (χ4n) is 3.04. The molecule has 0 aliphatic carbocycles. The number of nitrogens with one attached hydrogen (secondary N) is 1. The maximum absolute atomic E-state index is 4.29. The minimum Gasteiger partial charge on any atom is -0.357 e. The molecule has 0 radical (unpaired) electrons. The summed E-state index contributed by atoms with van der Waals surface area (Å²) in [6.45, 7) is 8.25. The maximum atomic E-state index is 4.29. The van der Waals surface area contributed by atoms with Gasteiger partial charge in [-0.25, -0.2) is 0 Å². The van der Waals surface area contributed by atoms with E-state index >= 15 is 0 Å². The van der Waals surface area contributed by atoms with Gasteiger partial charge < -0.3 is 10.2 Å². The van der Waals surface area contributed by atoms with Crippen molar-refractivity contribution in [2.24, 2.45) is 11.8 Å². The highest BCUT2D eigenvalue weighted by molar-refractivity contribution is 7.15. The van der Waals surface area contributed by atoms with E-state index in [-0.39, 0.29) is 0 Å². The van der Waals surface area contributed by atoms with Crippen LogP contribution in [0.25, 0.3) is 0 Å². The Kier molecular flexibility index (Phi) is 3.52. The van der Waals surface area contributed by atoms with Gasteiger partial charge in [0.15, 0.2) is 0 Å². The molecule has 2 bridgehead atoms. The van der Waals surface area contributed by atoms with Crippen LogP contribution < -0.4 is 5.32 Å². The van der Waals surface area contributed by atoms with E-state index in [1.54, 1.807) is 11.3 Å². The molecule has 0 amide bonds. The quantitative estimate of drug-likeness (QED) is 0.907. The summed E-state index contributed by atoms with van der Waals surface area (Å²) in [4.78, 5) is 2.58. The minimum absolute atomic E-state index is 0.614. The zero-order chi connectivity index (χ0) is 12.5. The van der Waals surface area contributed by atoms with Gasteiger partial charge in [0.25, 0.3) is 0 Å². The summed E-state index contributed by atoms with van der Waals surface area (Å²) >= 11 is 1.73. The fraction of sp³-hybridized carbons (Fsp3) is 0.846. The molecular formula is C13H22N4S. The molecule has 1 aromatic rings. The van der Waals surface area contributed by atoms with Gasteiger partial charge in [0, 0.05) is 25.6 Å². The van der Waals surface area contributed by atoms with Gasteiger partial charge in [0.1, 0.15) is 5.01 Å². The van der Waals surface area contributed by atoms with Crippen molar-refractivity contribution in [1.29, 1.82) is 0 Å². The van der Waals surface area contributed by atoms with E-state index in [0.29, 0.717) is 12.0 Å². The molecule has 2 saturated heterocycles. The monoisotopic (exact) mass is 266 g/mol. The van der Waals surface area contributed by atoms with Gasteiger partial charge in [-0.2, -0.15) is 0 Å². The zero-order valence-electron chi connectivity index (χ0n) is 11.2. The number of nitrogens with zero attached hydrogens (tertiary/aromatic N) is 3. The van der Waals surface area contributed by atoms with Crippen LogP contribution in [0, 0.1) is 11.8 Å². The molecule has 0 saturated carbocycles. The summed E-state index contributed by atoms with van der Waals surface area (Å²) in [7, 11) is 0. The molecule has 0 spiro atoms. The zero-order valence-corrected chi connectivity index (χ0v) is 12.0. The lowest BCUT2D eigenvalue weighted by atomic mass is 9.94. The lowest BCUT2D eigenvalue weighted by Crippen LogP contribution is -2.39. The van der Waals surface area contributed by atoms with Crippen molar-refractivity contribution in [2.45, 2.75) is 39.2 Å². The predicted octanol–water partition coefficient (Wildman–Crippen LogP) is 2.24. The van der Waals surface area contributed by atoms with E-state index in [1.807, 2.05) is 0 Å². The van der Waals surface area contributed by atoms with Gasteiger partial charge in [-0.05, 0) is 31.2 Å². The summed E-state index contributed by atoms with van der Waals surface area (Å²) in [5.41, 5.74) is 0. The van der Waals surface area contributed by atoms with Crippen LogP contribution in [0.3, 0.4) is 0 Å². The highest BCUT2D eigenvalue weighted by Gasteiger charge is 2.34. The molecule has 1 N–H and O–H groups in total. The average Bonchev–Trinajstić information content (AvgIpc) is 2.90. The molecule has 3 rings (SSSR count). The topological polar surface area (TPSA) is 41.1 Å². The highest BCUT2D eigenvalue weighted by Crippen LogP contribution is 2.30. The van der Waals surface area contributed by atoms with Gasteiger partial charge in [0.2, 0.25) is 5.13 Å². The van der Waals surface area contributed by atoms with Crippen molar-refractivity contribution in [3.05, 3.63) is 5.01 Å². The Balaban J connectivity index is 1.60. The molecule has 3 atom stereocenters. The van der Waals surface area contributed by atoms with E-state index in [9.17, 15) is 0 Å². The summed E-state index contributed by atoms with van der Waals surface area (Å²) in [5, 5.41) is 14.4. The number of rotatable bonds is 4. The smallest absolute Gasteiger partial charge is 0.205 e. The fourth-order valence-corrected chi connectivity index (χ4v) is 4.06. The van der Waals surface area contributed by atoms with Crippen molar-refractivity contribution in [2.75, 3.05) is 25.0 Å². The Bertz CT molecular complexity index is 403. The van der Waals surface area contributed by atoms with Gasteiger partial charge in [-0.1, -0.05) is 25.2 Å². The van der Waals surface area contributed by atoms with Crippen LogP contribution in [0.4, 0.5) is 5.13 Å². The SMILES string of the molecule is CC(C)Cc1nnc(NC2CCN3CCC2C3)s1. The Hall–Kier alpha value is -0.680. The van der Waals surface area contributed by atoms with Crippen LogP contribution in [-0.4, -0.2) is 40.8 Å². The largest absolute Gasteiger partial charge is 0.357 e. The van der Waals surface area contributed by atoms with Crippen molar-refractivity contribution in [3.8, 4) is 0 Å². The second-order valence-corrected chi connectivity index (χ2v) is 7.05. The van der Waals surface area contributed by atoms with Gasteiger partial charge in [-0.3, -0.25) is 0 Å². The Morgan fingerprint density at radius 3 is 3.00 bits per heavy atom. The van der Waals surface area contributed by atoms with E-state index < -0.39 is 0 Å². The normalized spacial score (nSPS) is 30.9. The van der Waals surface area contributed by atoms with Crippen LogP contribution in [0.2, 0.25) is 0 Å². The van der Waals surface area contributed by atoms with Gasteiger partial charge >= 0.3 is 0 Å². The third-order valence-electron chi connectivity index (χ3n) is 3.99. The van der Waals surface area contributed by atoms with E-state index in [0.717, 1.165) is 22.5 Å². The van der Waals surface area contributed by atoms with Crippen LogP contribution in [0.5, 0.6) is 0 Å². The second kappa shape index (κ2) is 5.13. The Morgan fingerprint density at radius 1 is 1.33 bits per heavy atom. The van der Waals surface area contributed by atoms with E-state index in [2.05, 4.69) is 34.3 Å². The lowest BCUT2D eigenvalue weighted by molar-refractivity contribution is 0.255. The Morgan fingerprint density at radius 2 is 2.17 bits per heavy atom. The number of anilines is 1. The van der Waals surface area contributed by atoms with Crippen LogP contribution >= 0.6 is 11.3 Å². The number of hydrogen-bond acceptors (Lipinski definition) is 5. The van der Waals surface area contributed by atoms with E-state index in [4.69, 9.17) is 0 Å². The number of fused-ring (bicyclic) bond motifs is 2. The predicted molar refractivity (Wildman–Crippen MR) is 75.0 cm³/mol. The molecule has 4 nitrogen and oxygen atoms in total. The summed E-state index contributed by atoms with van der Waals surface area (Å²) in [6.07, 6.45) is 3.64. The standard InChI is InChI=1S/C13H22N4S/c1-9(2)7-12-15-16-13(18-12)14-11-4-6-17-5-3-10(11)8-17/h9-11H,3-8H2,1-2H3,(H,14,16). The molecule has 100 valence electrons. The molecule has 2 aliphatic rings. The first-order valence-corrected chi connectivity index (χ1v) is 7.83. The molecule has 5 heteroatoms. The first-order valence-electron chi connectivity index (χ1n) is 7.02. The molecule has 2 fully saturated rings. The number of hydrogen-bond donors (Lipinski definition) is 1. The lowest BCUT2D eigenvalue weighted by Gasteiger charge is -2.30. The summed E-state index contributed by atoms with van der Waals surface area (Å²) in [6, 6.07) is 0.614. The second-order valence-electron chi connectivity index (χ2n) is 5.99. The molecule has 3 unspecified atom stereocenters. The van der Waals surface area contributed by atoms with E-state index in [1.165, 1.54) is 32.5 Å². The van der Waals surface area contributed by atoms with Gasteiger partial charge in [-0.15, -0.1) is 10.2 Å². The third kappa shape index (κ3) is 2.67. The van der Waals surface area contributed by atoms with Crippen LogP contribution in [0.15, 0.2) is 0 Å². The van der Waals surface area contributed by atoms with Crippen molar-refractivity contribution < 1.29 is 0 Å². The van der Waals surface area contributed by atoms with Crippen molar-refractivity contribution >= 4 is 16.5 Å². The molecular weight excluding hydrogens is 244 g/mol. The molecule has 1 aromatic heterocycles. The average molecular weight is 266 g/mol. The van der Waals surface area contributed by atoms with Crippen LogP contribution in [0.1, 0.15) is 31.7 Å². The maximum Gasteiger partial charge on any atom is 0.205 e. The number of piperidine rings is 1. The molecule has 2 aliphatic heterocycles. The number of aromatic nitrogens is 2. The minimum atomic E-state index is 0.614. The Labute approximate surface area is 113 Å². The highest BCUT2D eigenvalue weighted by atomic mass is 32.1. The van der Waals surface area contributed by atoms with Crippen LogP contribution in [-0.2, 0) is 6.42 Å². The molecule has 0 aromatic carbocycles. The van der Waals surface area contributed by atoms with Gasteiger partial charge in [0.05, 0.1) is 0 Å². The molecule has 3 heterocycles. The first kappa shape index (κ1) is 12.4. The summed E-state index contributed by atoms with van der Waals surface area (Å²) < 4.78 is 0. The summed E-state index contributed by atoms with van der Waals surface area (Å²) in [5.74, 6) is 1.47. The first-order chi connectivity index (χ1) is 8.70. The van der Waals surface area contributed by atoms with Crippen molar-refractivity contribution in [1.82, 2.24) is 15.1 Å². The molecule has 18 heavy (non-hydrogen) atoms. The van der Waals surface area contributed by atoms with Crippen molar-refractivity contribution in [3.63, 3.8) is 0 Å².